The molecule has 1 heterocycles. The zero-order chi connectivity index (χ0) is 16.5. The number of hydrogen-bond donors (Lipinski definition) is 1. The number of rotatable bonds is 5. The second kappa shape index (κ2) is 6.76. The van der Waals surface area contributed by atoms with Crippen LogP contribution in [0.2, 0.25) is 5.02 Å². The summed E-state index contributed by atoms with van der Waals surface area (Å²) in [6.07, 6.45) is -1.17. The normalized spacial score (nSPS) is 23.4. The van der Waals surface area contributed by atoms with Crippen molar-refractivity contribution in [1.82, 2.24) is 8.61 Å². The lowest BCUT2D eigenvalue weighted by Gasteiger charge is -2.28. The van der Waals surface area contributed by atoms with Gasteiger partial charge < -0.3 is 5.73 Å². The molecule has 1 aromatic carbocycles. The molecule has 0 aliphatic carbocycles. The molecule has 1 aliphatic rings. The van der Waals surface area contributed by atoms with E-state index in [1.54, 1.807) is 0 Å². The summed E-state index contributed by atoms with van der Waals surface area (Å²) in [5.41, 5.74) is 5.59. The van der Waals surface area contributed by atoms with Crippen molar-refractivity contribution in [3.63, 3.8) is 0 Å². The van der Waals surface area contributed by atoms with E-state index in [-0.39, 0.29) is 36.6 Å². The Labute approximate surface area is 133 Å². The zero-order valence-corrected chi connectivity index (χ0v) is 13.6. The molecule has 1 fully saturated rings. The first-order valence-corrected chi connectivity index (χ1v) is 8.55. The molecule has 0 amide bonds. The van der Waals surface area contributed by atoms with Crippen LogP contribution in [0.1, 0.15) is 12.0 Å². The van der Waals surface area contributed by atoms with Gasteiger partial charge in [-0.1, -0.05) is 17.7 Å². The molecule has 0 saturated carbocycles. The third kappa shape index (κ3) is 3.41. The predicted molar refractivity (Wildman–Crippen MR) is 80.9 cm³/mol. The van der Waals surface area contributed by atoms with Gasteiger partial charge in [-0.05, 0) is 18.6 Å². The van der Waals surface area contributed by atoms with Crippen molar-refractivity contribution < 1.29 is 17.2 Å². The molecule has 0 bridgehead atoms. The first-order chi connectivity index (χ1) is 10.3. The van der Waals surface area contributed by atoms with Crippen LogP contribution in [-0.2, 0) is 16.8 Å². The summed E-state index contributed by atoms with van der Waals surface area (Å²) in [6, 6.07) is 3.54. The molecule has 1 saturated heterocycles. The molecule has 0 spiro atoms. The van der Waals surface area contributed by atoms with Crippen LogP contribution in [-0.4, -0.2) is 49.4 Å². The van der Waals surface area contributed by atoms with E-state index in [0.29, 0.717) is 0 Å². The standard InChI is InChI=1S/C13H18ClF2N3O2S/c1-18(8-11-12(14)3-2-4-13(11)16)22(20,21)19-7-9(15)5-10(19)6-17/h2-4,9-10H,5-8,17H2,1H3/t9-,10-/m0/s1. The van der Waals surface area contributed by atoms with E-state index in [1.807, 2.05) is 0 Å². The summed E-state index contributed by atoms with van der Waals surface area (Å²) < 4.78 is 54.3. The molecule has 1 aromatic rings. The van der Waals surface area contributed by atoms with Gasteiger partial charge in [0.2, 0.25) is 0 Å². The van der Waals surface area contributed by atoms with Crippen molar-refractivity contribution in [1.29, 1.82) is 0 Å². The predicted octanol–water partition coefficient (Wildman–Crippen LogP) is 1.53. The van der Waals surface area contributed by atoms with Gasteiger partial charge in [-0.15, -0.1) is 0 Å². The molecule has 22 heavy (non-hydrogen) atoms. The minimum absolute atomic E-state index is 0.0357. The Morgan fingerprint density at radius 3 is 2.77 bits per heavy atom. The maximum atomic E-state index is 13.8. The third-order valence-electron chi connectivity index (χ3n) is 3.72. The molecular formula is C13H18ClF2N3O2S. The molecule has 2 rings (SSSR count). The lowest BCUT2D eigenvalue weighted by Crippen LogP contribution is -2.46. The van der Waals surface area contributed by atoms with Crippen LogP contribution in [0, 0.1) is 5.82 Å². The lowest BCUT2D eigenvalue weighted by atomic mass is 10.2. The Morgan fingerprint density at radius 1 is 1.50 bits per heavy atom. The fourth-order valence-corrected chi connectivity index (χ4v) is 4.27. The summed E-state index contributed by atoms with van der Waals surface area (Å²) in [5, 5.41) is 0.141. The van der Waals surface area contributed by atoms with Gasteiger partial charge in [0.15, 0.2) is 0 Å². The van der Waals surface area contributed by atoms with Gasteiger partial charge in [0.1, 0.15) is 12.0 Å². The minimum Gasteiger partial charge on any atom is -0.329 e. The molecule has 2 atom stereocenters. The highest BCUT2D eigenvalue weighted by Gasteiger charge is 2.41. The van der Waals surface area contributed by atoms with E-state index in [1.165, 1.54) is 25.2 Å². The highest BCUT2D eigenvalue weighted by atomic mass is 35.5. The fraction of sp³-hybridized carbons (Fsp3) is 0.538. The van der Waals surface area contributed by atoms with Crippen molar-refractivity contribution in [2.75, 3.05) is 20.1 Å². The SMILES string of the molecule is CN(Cc1c(F)cccc1Cl)S(=O)(=O)N1C[C@@H](F)C[C@H]1CN. The largest absolute Gasteiger partial charge is 0.329 e. The van der Waals surface area contributed by atoms with Gasteiger partial charge in [-0.25, -0.2) is 8.78 Å². The fourth-order valence-electron chi connectivity index (χ4n) is 2.49. The second-order valence-electron chi connectivity index (χ2n) is 5.26. The number of hydrogen-bond acceptors (Lipinski definition) is 3. The van der Waals surface area contributed by atoms with Crippen LogP contribution in [0.4, 0.5) is 8.78 Å². The zero-order valence-electron chi connectivity index (χ0n) is 12.0. The second-order valence-corrected chi connectivity index (χ2v) is 7.65. The average Bonchev–Trinajstić information content (AvgIpc) is 2.84. The van der Waals surface area contributed by atoms with E-state index in [9.17, 15) is 17.2 Å². The Hall–Kier alpha value is -0.800. The maximum absolute atomic E-state index is 13.8. The van der Waals surface area contributed by atoms with Crippen LogP contribution < -0.4 is 5.73 Å². The summed E-state index contributed by atoms with van der Waals surface area (Å²) in [4.78, 5) is 0. The number of nitrogens with zero attached hydrogens (tertiary/aromatic N) is 2. The molecule has 0 aromatic heterocycles. The number of benzene rings is 1. The summed E-state index contributed by atoms with van der Waals surface area (Å²) in [5.74, 6) is -0.588. The molecule has 124 valence electrons. The van der Waals surface area contributed by atoms with Gasteiger partial charge in [0.05, 0.1) is 0 Å². The van der Waals surface area contributed by atoms with Gasteiger partial charge in [-0.2, -0.15) is 17.0 Å². The average molecular weight is 354 g/mol. The quantitative estimate of drug-likeness (QED) is 0.873. The smallest absolute Gasteiger partial charge is 0.282 e. The van der Waals surface area contributed by atoms with E-state index in [2.05, 4.69) is 0 Å². The molecule has 0 radical (unpaired) electrons. The molecular weight excluding hydrogens is 336 g/mol. The number of nitrogens with two attached hydrogens (primary N) is 1. The van der Waals surface area contributed by atoms with E-state index >= 15 is 0 Å². The summed E-state index contributed by atoms with van der Waals surface area (Å²) in [6.45, 7) is -0.438. The van der Waals surface area contributed by atoms with E-state index in [0.717, 1.165) is 8.61 Å². The Morgan fingerprint density at radius 2 is 2.18 bits per heavy atom. The van der Waals surface area contributed by atoms with Gasteiger partial charge >= 0.3 is 0 Å². The van der Waals surface area contributed by atoms with Gasteiger partial charge in [0.25, 0.3) is 10.2 Å². The molecule has 1 aliphatic heterocycles. The van der Waals surface area contributed by atoms with Crippen molar-refractivity contribution in [2.45, 2.75) is 25.2 Å². The molecule has 9 heteroatoms. The Balaban J connectivity index is 2.22. The van der Waals surface area contributed by atoms with Crippen molar-refractivity contribution >= 4 is 21.8 Å². The molecule has 0 unspecified atom stereocenters. The highest BCUT2D eigenvalue weighted by Crippen LogP contribution is 2.27. The van der Waals surface area contributed by atoms with E-state index < -0.39 is 28.2 Å². The number of alkyl halides is 1. The maximum Gasteiger partial charge on any atom is 0.282 e. The summed E-state index contributed by atoms with van der Waals surface area (Å²) in [7, 11) is -2.64. The van der Waals surface area contributed by atoms with Crippen molar-refractivity contribution in [2.24, 2.45) is 5.73 Å². The highest BCUT2D eigenvalue weighted by molar-refractivity contribution is 7.86. The van der Waals surface area contributed by atoms with Crippen LogP contribution in [0.15, 0.2) is 18.2 Å². The minimum atomic E-state index is -3.94. The van der Waals surface area contributed by atoms with Crippen molar-refractivity contribution in [3.05, 3.63) is 34.6 Å². The first-order valence-electron chi connectivity index (χ1n) is 6.77. The van der Waals surface area contributed by atoms with Gasteiger partial charge in [-0.3, -0.25) is 0 Å². The van der Waals surface area contributed by atoms with Crippen LogP contribution in [0.3, 0.4) is 0 Å². The topological polar surface area (TPSA) is 66.6 Å². The van der Waals surface area contributed by atoms with Crippen LogP contribution in [0.25, 0.3) is 0 Å². The molecule has 2 N–H and O–H groups in total. The van der Waals surface area contributed by atoms with Crippen LogP contribution in [0.5, 0.6) is 0 Å². The Bertz CT molecular complexity index is 624. The van der Waals surface area contributed by atoms with Crippen LogP contribution >= 0.6 is 11.6 Å². The van der Waals surface area contributed by atoms with Gasteiger partial charge in [0, 0.05) is 43.3 Å². The monoisotopic (exact) mass is 353 g/mol. The Kier molecular flexibility index (Phi) is 5.39. The third-order valence-corrected chi connectivity index (χ3v) is 6.03. The lowest BCUT2D eigenvalue weighted by molar-refractivity contribution is 0.323. The van der Waals surface area contributed by atoms with Crippen molar-refractivity contribution in [3.8, 4) is 0 Å². The number of halogens is 3. The van der Waals surface area contributed by atoms with E-state index in [4.69, 9.17) is 17.3 Å². The molecule has 5 nitrogen and oxygen atoms in total. The first kappa shape index (κ1) is 17.6. The summed E-state index contributed by atoms with van der Waals surface area (Å²) >= 11 is 5.91.